The molecular weight excluding hydrogens is 210 g/mol. The Labute approximate surface area is 95.0 Å². The number of hydrogen-bond donors (Lipinski definition) is 2. The molecule has 3 N–H and O–H groups in total. The smallest absolute Gasteiger partial charge is 0.330 e. The lowest BCUT2D eigenvalue weighted by Crippen LogP contribution is -2.54. The Morgan fingerprint density at radius 3 is 2.69 bits per heavy atom. The lowest BCUT2D eigenvalue weighted by Gasteiger charge is -2.36. The van der Waals surface area contributed by atoms with Crippen molar-refractivity contribution in [3.05, 3.63) is 0 Å². The van der Waals surface area contributed by atoms with Crippen molar-refractivity contribution >= 4 is 11.9 Å². The van der Waals surface area contributed by atoms with Gasteiger partial charge in [-0.3, -0.25) is 4.79 Å². The van der Waals surface area contributed by atoms with Gasteiger partial charge < -0.3 is 20.6 Å². The summed E-state index contributed by atoms with van der Waals surface area (Å²) < 4.78 is 0. The van der Waals surface area contributed by atoms with Crippen molar-refractivity contribution in [3.63, 3.8) is 0 Å². The van der Waals surface area contributed by atoms with E-state index in [0.717, 1.165) is 25.9 Å². The number of rotatable bonds is 3. The van der Waals surface area contributed by atoms with Crippen molar-refractivity contribution < 1.29 is 14.7 Å². The molecule has 0 bridgehead atoms. The van der Waals surface area contributed by atoms with Gasteiger partial charge in [0.05, 0.1) is 0 Å². The number of nitrogens with zero attached hydrogens (tertiary/aromatic N) is 2. The normalized spacial score (nSPS) is 23.8. The van der Waals surface area contributed by atoms with Crippen molar-refractivity contribution in [2.75, 3.05) is 27.2 Å². The molecular formula is C10H19N3O3. The van der Waals surface area contributed by atoms with Gasteiger partial charge in [0.25, 0.3) is 5.91 Å². The van der Waals surface area contributed by atoms with Crippen LogP contribution in [0.2, 0.25) is 0 Å². The second-order valence-electron chi connectivity index (χ2n) is 4.32. The first kappa shape index (κ1) is 12.9. The highest BCUT2D eigenvalue weighted by Gasteiger charge is 2.30. The van der Waals surface area contributed by atoms with E-state index < -0.39 is 17.9 Å². The molecule has 0 spiro atoms. The number of carboxylic acids is 1. The van der Waals surface area contributed by atoms with Crippen LogP contribution in [0.4, 0.5) is 0 Å². The molecule has 1 aliphatic rings. The standard InChI is InChI=1S/C10H19N3O3/c1-12-5-3-4-7(6-12)13(2)9(14)8(11)10(15)16/h7-8H,3-6,11H2,1-2H3,(H,15,16). The minimum Gasteiger partial charge on any atom is -0.480 e. The molecule has 1 saturated heterocycles. The zero-order valence-corrected chi connectivity index (χ0v) is 9.72. The Kier molecular flexibility index (Phi) is 4.26. The van der Waals surface area contributed by atoms with Gasteiger partial charge in [-0.25, -0.2) is 4.79 Å². The Morgan fingerprint density at radius 2 is 2.19 bits per heavy atom. The number of amides is 1. The monoisotopic (exact) mass is 229 g/mol. The molecule has 1 heterocycles. The minimum absolute atomic E-state index is 0.0663. The first-order valence-corrected chi connectivity index (χ1v) is 5.37. The number of carbonyl (C=O) groups excluding carboxylic acids is 1. The highest BCUT2D eigenvalue weighted by Crippen LogP contribution is 2.13. The van der Waals surface area contributed by atoms with Crippen LogP contribution in [0.5, 0.6) is 0 Å². The Morgan fingerprint density at radius 1 is 1.56 bits per heavy atom. The third-order valence-corrected chi connectivity index (χ3v) is 3.03. The summed E-state index contributed by atoms with van der Waals surface area (Å²) in [5, 5.41) is 8.67. The van der Waals surface area contributed by atoms with E-state index >= 15 is 0 Å². The Bertz CT molecular complexity index is 282. The highest BCUT2D eigenvalue weighted by molar-refractivity contribution is 6.00. The van der Waals surface area contributed by atoms with Crippen LogP contribution in [0.3, 0.4) is 0 Å². The highest BCUT2D eigenvalue weighted by atomic mass is 16.4. The van der Waals surface area contributed by atoms with Crippen LogP contribution in [-0.2, 0) is 9.59 Å². The molecule has 0 saturated carbocycles. The average Bonchev–Trinajstić information content (AvgIpc) is 2.26. The van der Waals surface area contributed by atoms with E-state index in [9.17, 15) is 9.59 Å². The van der Waals surface area contributed by atoms with Gasteiger partial charge in [0, 0.05) is 19.6 Å². The van der Waals surface area contributed by atoms with Gasteiger partial charge in [0.1, 0.15) is 0 Å². The maximum Gasteiger partial charge on any atom is 0.330 e. The van der Waals surface area contributed by atoms with E-state index in [-0.39, 0.29) is 6.04 Å². The molecule has 0 aromatic rings. The molecule has 0 aliphatic carbocycles. The van der Waals surface area contributed by atoms with E-state index in [1.54, 1.807) is 7.05 Å². The average molecular weight is 229 g/mol. The molecule has 2 unspecified atom stereocenters. The van der Waals surface area contributed by atoms with E-state index in [4.69, 9.17) is 10.8 Å². The molecule has 0 radical (unpaired) electrons. The molecule has 1 fully saturated rings. The molecule has 6 heteroatoms. The maximum absolute atomic E-state index is 11.7. The molecule has 92 valence electrons. The summed E-state index contributed by atoms with van der Waals surface area (Å²) in [4.78, 5) is 25.9. The molecule has 6 nitrogen and oxygen atoms in total. The number of likely N-dealkylation sites (N-methyl/N-ethyl adjacent to an activating group) is 2. The van der Waals surface area contributed by atoms with E-state index in [1.165, 1.54) is 4.90 Å². The summed E-state index contributed by atoms with van der Waals surface area (Å²) in [5.74, 6) is -1.80. The quantitative estimate of drug-likeness (QED) is 0.603. The number of likely N-dealkylation sites (tertiary alicyclic amines) is 1. The zero-order valence-electron chi connectivity index (χ0n) is 9.72. The third kappa shape index (κ3) is 2.93. The topological polar surface area (TPSA) is 86.9 Å². The van der Waals surface area contributed by atoms with Crippen LogP contribution in [0.15, 0.2) is 0 Å². The van der Waals surface area contributed by atoms with Gasteiger partial charge in [-0.05, 0) is 26.4 Å². The van der Waals surface area contributed by atoms with Crippen LogP contribution in [0, 0.1) is 0 Å². The van der Waals surface area contributed by atoms with Crippen LogP contribution >= 0.6 is 0 Å². The first-order valence-electron chi connectivity index (χ1n) is 5.37. The van der Waals surface area contributed by atoms with Crippen LogP contribution < -0.4 is 5.73 Å². The molecule has 0 aromatic heterocycles. The predicted molar refractivity (Wildman–Crippen MR) is 58.9 cm³/mol. The number of carbonyl (C=O) groups is 2. The van der Waals surface area contributed by atoms with Crippen molar-refractivity contribution in [1.29, 1.82) is 0 Å². The van der Waals surface area contributed by atoms with Gasteiger partial charge in [-0.1, -0.05) is 0 Å². The van der Waals surface area contributed by atoms with Gasteiger partial charge in [0.15, 0.2) is 6.04 Å². The summed E-state index contributed by atoms with van der Waals surface area (Å²) in [6.07, 6.45) is 1.92. The van der Waals surface area contributed by atoms with E-state index in [1.807, 2.05) is 7.05 Å². The summed E-state index contributed by atoms with van der Waals surface area (Å²) in [7, 11) is 3.61. The molecule has 1 rings (SSSR count). The van der Waals surface area contributed by atoms with Crippen molar-refractivity contribution in [2.24, 2.45) is 5.73 Å². The number of carboxylic acid groups (broad SMARTS) is 1. The second kappa shape index (κ2) is 5.27. The van der Waals surface area contributed by atoms with Gasteiger partial charge >= 0.3 is 5.97 Å². The summed E-state index contributed by atoms with van der Waals surface area (Å²) in [6.45, 7) is 1.79. The number of piperidine rings is 1. The molecule has 1 aliphatic heterocycles. The van der Waals surface area contributed by atoms with Crippen molar-refractivity contribution in [3.8, 4) is 0 Å². The Hall–Kier alpha value is -1.14. The minimum atomic E-state index is -1.45. The molecule has 1 amide bonds. The van der Waals surface area contributed by atoms with Crippen molar-refractivity contribution in [1.82, 2.24) is 9.80 Å². The fraction of sp³-hybridized carbons (Fsp3) is 0.800. The third-order valence-electron chi connectivity index (χ3n) is 3.03. The zero-order chi connectivity index (χ0) is 12.3. The molecule has 0 aromatic carbocycles. The largest absolute Gasteiger partial charge is 0.480 e. The van der Waals surface area contributed by atoms with E-state index in [2.05, 4.69) is 4.90 Å². The van der Waals surface area contributed by atoms with Gasteiger partial charge in [-0.2, -0.15) is 0 Å². The summed E-state index contributed by atoms with van der Waals surface area (Å²) in [6, 6.07) is -1.38. The number of hydrogen-bond acceptors (Lipinski definition) is 4. The second-order valence-corrected chi connectivity index (χ2v) is 4.32. The maximum atomic E-state index is 11.7. The number of aliphatic carboxylic acids is 1. The van der Waals surface area contributed by atoms with Crippen molar-refractivity contribution in [2.45, 2.75) is 24.9 Å². The summed E-state index contributed by atoms with van der Waals surface area (Å²) >= 11 is 0. The lowest BCUT2D eigenvalue weighted by atomic mass is 10.0. The van der Waals surface area contributed by atoms with E-state index in [0.29, 0.717) is 0 Å². The first-order chi connectivity index (χ1) is 7.43. The van der Waals surface area contributed by atoms with Crippen LogP contribution in [0.1, 0.15) is 12.8 Å². The SMILES string of the molecule is CN1CCCC(N(C)C(=O)C(N)C(=O)O)C1. The van der Waals surface area contributed by atoms with Crippen LogP contribution in [-0.4, -0.2) is 66.1 Å². The Balaban J connectivity index is 2.59. The lowest BCUT2D eigenvalue weighted by molar-refractivity contribution is -0.147. The fourth-order valence-electron chi connectivity index (χ4n) is 1.96. The summed E-state index contributed by atoms with van der Waals surface area (Å²) in [5.41, 5.74) is 5.30. The number of nitrogens with two attached hydrogens (primary N) is 1. The fourth-order valence-corrected chi connectivity index (χ4v) is 1.96. The van der Waals surface area contributed by atoms with Gasteiger partial charge in [-0.15, -0.1) is 0 Å². The molecule has 16 heavy (non-hydrogen) atoms. The van der Waals surface area contributed by atoms with Gasteiger partial charge in [0.2, 0.25) is 0 Å². The van der Waals surface area contributed by atoms with Crippen LogP contribution in [0.25, 0.3) is 0 Å². The molecule has 2 atom stereocenters. The predicted octanol–water partition coefficient (Wildman–Crippen LogP) is -1.05.